The average Bonchev–Trinajstić information content (AvgIpc) is 2.76. The van der Waals surface area contributed by atoms with E-state index in [1.165, 1.54) is 5.56 Å². The standard InChI is InChI=1S/C22H24N6O/c1-17(29)19-7-9-20(10-8-19)24-21-15-23-26-22(25-21)28-13-11-27(12-14-28)16-18-5-3-2-4-6-18/h2-10,15H,11-14,16H2,1H3,(H,24,25,26). The second kappa shape index (κ2) is 8.79. The lowest BCUT2D eigenvalue weighted by Crippen LogP contribution is -2.46. The molecular formula is C22H24N6O. The molecule has 0 unspecified atom stereocenters. The molecule has 1 aliphatic heterocycles. The number of nitrogens with zero attached hydrogens (tertiary/aromatic N) is 5. The average molecular weight is 388 g/mol. The van der Waals surface area contributed by atoms with Gasteiger partial charge in [-0.05, 0) is 36.8 Å². The Hall–Kier alpha value is -3.32. The van der Waals surface area contributed by atoms with E-state index in [0.29, 0.717) is 17.3 Å². The first-order chi connectivity index (χ1) is 14.2. The van der Waals surface area contributed by atoms with E-state index in [2.05, 4.69) is 54.6 Å². The summed E-state index contributed by atoms with van der Waals surface area (Å²) in [4.78, 5) is 20.6. The van der Waals surface area contributed by atoms with Crippen LogP contribution in [0.25, 0.3) is 0 Å². The van der Waals surface area contributed by atoms with Crippen molar-refractivity contribution in [2.45, 2.75) is 13.5 Å². The number of Topliss-reactive ketones (excluding diaryl/α,β-unsaturated/α-hetero) is 1. The van der Waals surface area contributed by atoms with Gasteiger partial charge in [0.1, 0.15) is 0 Å². The topological polar surface area (TPSA) is 74.2 Å². The Morgan fingerprint density at radius 1 is 1.00 bits per heavy atom. The van der Waals surface area contributed by atoms with Crippen LogP contribution in [0.15, 0.2) is 60.8 Å². The number of rotatable bonds is 6. The summed E-state index contributed by atoms with van der Waals surface area (Å²) in [7, 11) is 0. The number of carbonyl (C=O) groups excluding carboxylic acids is 1. The van der Waals surface area contributed by atoms with Crippen molar-refractivity contribution < 1.29 is 4.79 Å². The number of hydrogen-bond acceptors (Lipinski definition) is 7. The Kier molecular flexibility index (Phi) is 5.76. The van der Waals surface area contributed by atoms with E-state index in [4.69, 9.17) is 0 Å². The molecule has 0 saturated carbocycles. The summed E-state index contributed by atoms with van der Waals surface area (Å²) in [6.07, 6.45) is 1.61. The van der Waals surface area contributed by atoms with E-state index in [0.717, 1.165) is 38.4 Å². The van der Waals surface area contributed by atoms with Crippen LogP contribution in [-0.2, 0) is 6.54 Å². The summed E-state index contributed by atoms with van der Waals surface area (Å²) in [5.41, 5.74) is 2.88. The number of piperazine rings is 1. The van der Waals surface area contributed by atoms with Gasteiger partial charge in [0.15, 0.2) is 11.6 Å². The van der Waals surface area contributed by atoms with Gasteiger partial charge < -0.3 is 10.2 Å². The monoisotopic (exact) mass is 388 g/mol. The molecule has 0 amide bonds. The van der Waals surface area contributed by atoms with Crippen LogP contribution in [0, 0.1) is 0 Å². The second-order valence-electron chi connectivity index (χ2n) is 7.15. The smallest absolute Gasteiger partial charge is 0.247 e. The van der Waals surface area contributed by atoms with Crippen molar-refractivity contribution in [3.05, 3.63) is 71.9 Å². The van der Waals surface area contributed by atoms with Crippen molar-refractivity contribution in [1.82, 2.24) is 20.1 Å². The molecule has 7 nitrogen and oxygen atoms in total. The highest BCUT2D eigenvalue weighted by molar-refractivity contribution is 5.94. The fraction of sp³-hybridized carbons (Fsp3) is 0.273. The van der Waals surface area contributed by atoms with Gasteiger partial charge in [0, 0.05) is 44.0 Å². The fourth-order valence-electron chi connectivity index (χ4n) is 3.37. The molecule has 0 atom stereocenters. The zero-order chi connectivity index (χ0) is 20.1. The van der Waals surface area contributed by atoms with Crippen LogP contribution >= 0.6 is 0 Å². The molecule has 148 valence electrons. The predicted molar refractivity (Wildman–Crippen MR) is 113 cm³/mol. The van der Waals surface area contributed by atoms with E-state index < -0.39 is 0 Å². The van der Waals surface area contributed by atoms with Gasteiger partial charge >= 0.3 is 0 Å². The number of benzene rings is 2. The zero-order valence-electron chi connectivity index (χ0n) is 16.5. The molecule has 2 aromatic carbocycles. The summed E-state index contributed by atoms with van der Waals surface area (Å²) in [6.45, 7) is 6.18. The lowest BCUT2D eigenvalue weighted by molar-refractivity contribution is 0.101. The SMILES string of the molecule is CC(=O)c1ccc(Nc2cnnc(N3CCN(Cc4ccccc4)CC3)n2)cc1. The maximum atomic E-state index is 11.4. The third kappa shape index (κ3) is 4.94. The highest BCUT2D eigenvalue weighted by atomic mass is 16.1. The van der Waals surface area contributed by atoms with Gasteiger partial charge in [-0.25, -0.2) is 0 Å². The van der Waals surface area contributed by atoms with Crippen LogP contribution in [0.4, 0.5) is 17.5 Å². The van der Waals surface area contributed by atoms with Crippen molar-refractivity contribution in [2.75, 3.05) is 36.4 Å². The minimum Gasteiger partial charge on any atom is -0.339 e. The Bertz CT molecular complexity index is 953. The molecule has 0 radical (unpaired) electrons. The summed E-state index contributed by atoms with van der Waals surface area (Å²) >= 11 is 0. The molecule has 0 aliphatic carbocycles. The molecule has 1 fully saturated rings. The quantitative estimate of drug-likeness (QED) is 0.650. The molecule has 7 heteroatoms. The Morgan fingerprint density at radius 3 is 2.41 bits per heavy atom. The summed E-state index contributed by atoms with van der Waals surface area (Å²) in [5.74, 6) is 1.32. The largest absolute Gasteiger partial charge is 0.339 e. The zero-order valence-corrected chi connectivity index (χ0v) is 16.5. The molecule has 4 rings (SSSR count). The molecule has 29 heavy (non-hydrogen) atoms. The summed E-state index contributed by atoms with van der Waals surface area (Å²) in [5, 5.41) is 11.5. The Balaban J connectivity index is 1.36. The number of ketones is 1. The van der Waals surface area contributed by atoms with Crippen molar-refractivity contribution in [3.63, 3.8) is 0 Å². The third-order valence-corrected chi connectivity index (χ3v) is 5.02. The van der Waals surface area contributed by atoms with Crippen LogP contribution in [0.2, 0.25) is 0 Å². The van der Waals surface area contributed by atoms with Gasteiger partial charge in [0.25, 0.3) is 0 Å². The first kappa shape index (κ1) is 19.0. The lowest BCUT2D eigenvalue weighted by atomic mass is 10.1. The molecule has 0 spiro atoms. The van der Waals surface area contributed by atoms with Crippen LogP contribution in [0.5, 0.6) is 0 Å². The fourth-order valence-corrected chi connectivity index (χ4v) is 3.37. The Morgan fingerprint density at radius 2 is 1.72 bits per heavy atom. The van der Waals surface area contributed by atoms with Crippen LogP contribution in [0.1, 0.15) is 22.8 Å². The van der Waals surface area contributed by atoms with E-state index >= 15 is 0 Å². The minimum atomic E-state index is 0.0499. The molecule has 1 N–H and O–H groups in total. The number of anilines is 3. The van der Waals surface area contributed by atoms with E-state index in [-0.39, 0.29) is 5.78 Å². The van der Waals surface area contributed by atoms with Crippen molar-refractivity contribution in [2.24, 2.45) is 0 Å². The number of carbonyl (C=O) groups is 1. The molecule has 2 heterocycles. The first-order valence-corrected chi connectivity index (χ1v) is 9.76. The predicted octanol–water partition coefficient (Wildman–Crippen LogP) is 3.14. The molecule has 1 aliphatic rings. The summed E-state index contributed by atoms with van der Waals surface area (Å²) < 4.78 is 0. The number of nitrogens with one attached hydrogen (secondary N) is 1. The van der Waals surface area contributed by atoms with Gasteiger partial charge in [-0.1, -0.05) is 30.3 Å². The van der Waals surface area contributed by atoms with Gasteiger partial charge in [0.05, 0.1) is 6.20 Å². The van der Waals surface area contributed by atoms with E-state index in [1.54, 1.807) is 25.3 Å². The minimum absolute atomic E-state index is 0.0499. The van der Waals surface area contributed by atoms with E-state index in [1.807, 2.05) is 18.2 Å². The normalized spacial score (nSPS) is 14.6. The van der Waals surface area contributed by atoms with Crippen LogP contribution < -0.4 is 10.2 Å². The highest BCUT2D eigenvalue weighted by Crippen LogP contribution is 2.18. The molecule has 1 aromatic heterocycles. The van der Waals surface area contributed by atoms with Gasteiger partial charge in [-0.15, -0.1) is 5.10 Å². The summed E-state index contributed by atoms with van der Waals surface area (Å²) in [6, 6.07) is 17.9. The van der Waals surface area contributed by atoms with Crippen molar-refractivity contribution >= 4 is 23.2 Å². The first-order valence-electron chi connectivity index (χ1n) is 9.76. The van der Waals surface area contributed by atoms with E-state index in [9.17, 15) is 4.79 Å². The Labute approximate surface area is 170 Å². The number of hydrogen-bond donors (Lipinski definition) is 1. The van der Waals surface area contributed by atoms with Crippen LogP contribution in [0.3, 0.4) is 0 Å². The molecular weight excluding hydrogens is 364 g/mol. The molecule has 3 aromatic rings. The van der Waals surface area contributed by atoms with Crippen molar-refractivity contribution in [1.29, 1.82) is 0 Å². The maximum absolute atomic E-state index is 11.4. The van der Waals surface area contributed by atoms with Gasteiger partial charge in [-0.2, -0.15) is 10.1 Å². The molecule has 1 saturated heterocycles. The molecule has 0 bridgehead atoms. The second-order valence-corrected chi connectivity index (χ2v) is 7.15. The lowest BCUT2D eigenvalue weighted by Gasteiger charge is -2.34. The highest BCUT2D eigenvalue weighted by Gasteiger charge is 2.19. The third-order valence-electron chi connectivity index (χ3n) is 5.02. The maximum Gasteiger partial charge on any atom is 0.247 e. The van der Waals surface area contributed by atoms with Crippen molar-refractivity contribution in [3.8, 4) is 0 Å². The van der Waals surface area contributed by atoms with Gasteiger partial charge in [0.2, 0.25) is 5.95 Å². The van der Waals surface area contributed by atoms with Crippen LogP contribution in [-0.4, -0.2) is 52.0 Å². The van der Waals surface area contributed by atoms with Gasteiger partial charge in [-0.3, -0.25) is 9.69 Å². The number of aromatic nitrogens is 3.